The molecule has 0 aliphatic carbocycles. The molecule has 16 heavy (non-hydrogen) atoms. The van der Waals surface area contributed by atoms with Gasteiger partial charge in [0.15, 0.2) is 0 Å². The molecule has 5 heteroatoms. The molecule has 2 rings (SSSR count). The highest BCUT2D eigenvalue weighted by atomic mass is 15.3. The van der Waals surface area contributed by atoms with Gasteiger partial charge in [-0.05, 0) is 19.0 Å². The molecule has 0 aliphatic heterocycles. The highest BCUT2D eigenvalue weighted by Gasteiger charge is 1.95. The third-order valence-corrected chi connectivity index (χ3v) is 2.39. The monoisotopic (exact) mass is 219 g/mol. The summed E-state index contributed by atoms with van der Waals surface area (Å²) in [4.78, 5) is 0. The molecule has 0 spiro atoms. The van der Waals surface area contributed by atoms with Crippen LogP contribution in [-0.2, 0) is 20.1 Å². The number of aryl methyl sites for hydroxylation is 2. The Labute approximate surface area is 95.1 Å². The number of nitrogens with one attached hydrogen (secondary N) is 1. The minimum absolute atomic E-state index is 0.882. The number of aromatic nitrogens is 4. The summed E-state index contributed by atoms with van der Waals surface area (Å²) >= 11 is 0. The van der Waals surface area contributed by atoms with Crippen molar-refractivity contribution in [1.29, 1.82) is 0 Å². The lowest BCUT2D eigenvalue weighted by molar-refractivity contribution is 0.543. The molecule has 0 amide bonds. The summed E-state index contributed by atoms with van der Waals surface area (Å²) in [5.41, 5.74) is 1.22. The number of hydrogen-bond acceptors (Lipinski definition) is 3. The van der Waals surface area contributed by atoms with Crippen LogP contribution in [0.15, 0.2) is 30.9 Å². The molecule has 0 unspecified atom stereocenters. The quantitative estimate of drug-likeness (QED) is 0.731. The molecule has 0 saturated carbocycles. The molecule has 2 aromatic heterocycles. The minimum Gasteiger partial charge on any atom is -0.312 e. The zero-order chi connectivity index (χ0) is 11.2. The van der Waals surface area contributed by atoms with Crippen molar-refractivity contribution in [1.82, 2.24) is 24.9 Å². The Kier molecular flexibility index (Phi) is 3.71. The number of nitrogens with zero attached hydrogens (tertiary/aromatic N) is 4. The fourth-order valence-electron chi connectivity index (χ4n) is 1.59. The summed E-state index contributed by atoms with van der Waals surface area (Å²) in [5, 5.41) is 11.7. The lowest BCUT2D eigenvalue weighted by Crippen LogP contribution is -2.16. The van der Waals surface area contributed by atoms with Gasteiger partial charge in [0, 0.05) is 44.3 Å². The standard InChI is InChI=1S/C11H17N5/c1-15-10-11(9-14-15)8-12-4-2-6-16-7-3-5-13-16/h3,5,7,9-10,12H,2,4,6,8H2,1H3. The highest BCUT2D eigenvalue weighted by molar-refractivity contribution is 5.02. The van der Waals surface area contributed by atoms with Crippen LogP contribution in [0.3, 0.4) is 0 Å². The van der Waals surface area contributed by atoms with Gasteiger partial charge in [0.2, 0.25) is 0 Å². The summed E-state index contributed by atoms with van der Waals surface area (Å²) in [6.07, 6.45) is 8.80. The van der Waals surface area contributed by atoms with E-state index >= 15 is 0 Å². The van der Waals surface area contributed by atoms with Crippen LogP contribution in [0, 0.1) is 0 Å². The first-order chi connectivity index (χ1) is 7.84. The summed E-state index contributed by atoms with van der Waals surface area (Å²) < 4.78 is 3.77. The Hall–Kier alpha value is -1.62. The van der Waals surface area contributed by atoms with Gasteiger partial charge in [-0.1, -0.05) is 0 Å². The van der Waals surface area contributed by atoms with Gasteiger partial charge >= 0.3 is 0 Å². The average Bonchev–Trinajstić information content (AvgIpc) is 2.89. The van der Waals surface area contributed by atoms with Crippen LogP contribution in [-0.4, -0.2) is 26.1 Å². The van der Waals surface area contributed by atoms with Crippen LogP contribution >= 0.6 is 0 Å². The second kappa shape index (κ2) is 5.46. The van der Waals surface area contributed by atoms with Crippen LogP contribution in [0.1, 0.15) is 12.0 Å². The molecule has 0 bridgehead atoms. The van der Waals surface area contributed by atoms with Crippen molar-refractivity contribution in [2.24, 2.45) is 7.05 Å². The average molecular weight is 219 g/mol. The number of rotatable bonds is 6. The molecule has 2 heterocycles. The topological polar surface area (TPSA) is 47.7 Å². The fraction of sp³-hybridized carbons (Fsp3) is 0.455. The van der Waals surface area contributed by atoms with E-state index in [-0.39, 0.29) is 0 Å². The van der Waals surface area contributed by atoms with Crippen LogP contribution in [0.25, 0.3) is 0 Å². The molecule has 1 N–H and O–H groups in total. The van der Waals surface area contributed by atoms with E-state index in [0.717, 1.165) is 26.1 Å². The lowest BCUT2D eigenvalue weighted by Gasteiger charge is -2.03. The number of hydrogen-bond donors (Lipinski definition) is 1. The second-order valence-electron chi connectivity index (χ2n) is 3.82. The fourth-order valence-corrected chi connectivity index (χ4v) is 1.59. The molecule has 86 valence electrons. The molecule has 0 radical (unpaired) electrons. The molecule has 0 aliphatic rings. The third-order valence-electron chi connectivity index (χ3n) is 2.39. The molecular weight excluding hydrogens is 202 g/mol. The van der Waals surface area contributed by atoms with Gasteiger partial charge in [-0.3, -0.25) is 9.36 Å². The van der Waals surface area contributed by atoms with E-state index in [4.69, 9.17) is 0 Å². The van der Waals surface area contributed by atoms with E-state index in [2.05, 4.69) is 15.5 Å². The predicted molar refractivity (Wildman–Crippen MR) is 61.8 cm³/mol. The molecular formula is C11H17N5. The third kappa shape index (κ3) is 3.20. The van der Waals surface area contributed by atoms with Gasteiger partial charge in [0.05, 0.1) is 6.20 Å². The first-order valence-electron chi connectivity index (χ1n) is 5.50. The van der Waals surface area contributed by atoms with Crippen molar-refractivity contribution >= 4 is 0 Å². The van der Waals surface area contributed by atoms with Gasteiger partial charge in [0.25, 0.3) is 0 Å². The molecule has 0 fully saturated rings. The van der Waals surface area contributed by atoms with Crippen molar-refractivity contribution < 1.29 is 0 Å². The minimum atomic E-state index is 0.882. The Morgan fingerprint density at radius 1 is 1.38 bits per heavy atom. The Morgan fingerprint density at radius 2 is 2.31 bits per heavy atom. The lowest BCUT2D eigenvalue weighted by atomic mass is 10.3. The molecule has 5 nitrogen and oxygen atoms in total. The summed E-state index contributed by atoms with van der Waals surface area (Å²) in [6, 6.07) is 1.95. The first-order valence-corrected chi connectivity index (χ1v) is 5.50. The summed E-state index contributed by atoms with van der Waals surface area (Å²) in [6.45, 7) is 2.84. The van der Waals surface area contributed by atoms with Crippen LogP contribution in [0.5, 0.6) is 0 Å². The molecule has 0 atom stereocenters. The Balaban J connectivity index is 1.59. The van der Waals surface area contributed by atoms with E-state index in [1.807, 2.05) is 47.3 Å². The summed E-state index contributed by atoms with van der Waals surface area (Å²) in [7, 11) is 1.93. The van der Waals surface area contributed by atoms with Gasteiger partial charge in [-0.25, -0.2) is 0 Å². The van der Waals surface area contributed by atoms with Gasteiger partial charge in [-0.2, -0.15) is 10.2 Å². The Morgan fingerprint density at radius 3 is 3.00 bits per heavy atom. The van der Waals surface area contributed by atoms with Crippen molar-refractivity contribution in [2.45, 2.75) is 19.5 Å². The van der Waals surface area contributed by atoms with Gasteiger partial charge < -0.3 is 5.32 Å². The first kappa shape index (κ1) is 10.9. The highest BCUT2D eigenvalue weighted by Crippen LogP contribution is 1.95. The SMILES string of the molecule is Cn1cc(CNCCCn2cccn2)cn1. The predicted octanol–water partition coefficient (Wildman–Crippen LogP) is 0.796. The van der Waals surface area contributed by atoms with Crippen LogP contribution in [0.4, 0.5) is 0 Å². The zero-order valence-corrected chi connectivity index (χ0v) is 9.50. The summed E-state index contributed by atoms with van der Waals surface area (Å²) in [5.74, 6) is 0. The van der Waals surface area contributed by atoms with E-state index in [0.29, 0.717) is 0 Å². The Bertz CT molecular complexity index is 404. The van der Waals surface area contributed by atoms with Gasteiger partial charge in [-0.15, -0.1) is 0 Å². The van der Waals surface area contributed by atoms with E-state index < -0.39 is 0 Å². The van der Waals surface area contributed by atoms with Gasteiger partial charge in [0.1, 0.15) is 0 Å². The largest absolute Gasteiger partial charge is 0.312 e. The molecule has 0 aromatic carbocycles. The van der Waals surface area contributed by atoms with Crippen molar-refractivity contribution in [3.05, 3.63) is 36.4 Å². The maximum Gasteiger partial charge on any atom is 0.0534 e. The van der Waals surface area contributed by atoms with Crippen molar-refractivity contribution in [3.8, 4) is 0 Å². The van der Waals surface area contributed by atoms with Crippen molar-refractivity contribution in [3.63, 3.8) is 0 Å². The van der Waals surface area contributed by atoms with E-state index in [9.17, 15) is 0 Å². The van der Waals surface area contributed by atoms with E-state index in [1.54, 1.807) is 0 Å². The molecule has 0 saturated heterocycles. The van der Waals surface area contributed by atoms with E-state index in [1.165, 1.54) is 5.56 Å². The maximum atomic E-state index is 4.15. The second-order valence-corrected chi connectivity index (χ2v) is 3.82. The van der Waals surface area contributed by atoms with Crippen LogP contribution in [0.2, 0.25) is 0 Å². The smallest absolute Gasteiger partial charge is 0.0534 e. The normalized spacial score (nSPS) is 10.8. The van der Waals surface area contributed by atoms with Crippen molar-refractivity contribution in [2.75, 3.05) is 6.54 Å². The zero-order valence-electron chi connectivity index (χ0n) is 9.50. The van der Waals surface area contributed by atoms with Crippen LogP contribution < -0.4 is 5.32 Å². The molecule has 2 aromatic rings. The maximum absolute atomic E-state index is 4.15.